The summed E-state index contributed by atoms with van der Waals surface area (Å²) in [6, 6.07) is 10.2. The van der Waals surface area contributed by atoms with E-state index in [1.54, 1.807) is 0 Å². The van der Waals surface area contributed by atoms with Crippen molar-refractivity contribution in [3.63, 3.8) is 0 Å². The molecule has 2 heteroatoms. The van der Waals surface area contributed by atoms with E-state index in [1.165, 1.54) is 18.4 Å². The highest BCUT2D eigenvalue weighted by atomic mass is 35.5. The lowest BCUT2D eigenvalue weighted by molar-refractivity contribution is 0.629. The molecule has 1 atom stereocenters. The molecule has 0 amide bonds. The van der Waals surface area contributed by atoms with E-state index in [1.807, 2.05) is 18.2 Å². The van der Waals surface area contributed by atoms with Crippen molar-refractivity contribution < 1.29 is 0 Å². The quantitative estimate of drug-likeness (QED) is 0.736. The maximum Gasteiger partial charge on any atom is 0.0709 e. The van der Waals surface area contributed by atoms with Gasteiger partial charge in [-0.25, -0.2) is 0 Å². The third kappa shape index (κ3) is 3.00. The van der Waals surface area contributed by atoms with Crippen LogP contribution in [0.4, 0.5) is 0 Å². The molecule has 76 valence electrons. The van der Waals surface area contributed by atoms with Crippen LogP contribution in [0.1, 0.15) is 23.8 Å². The zero-order valence-corrected chi connectivity index (χ0v) is 9.00. The van der Waals surface area contributed by atoms with Crippen LogP contribution in [0.3, 0.4) is 0 Å². The van der Waals surface area contributed by atoms with Gasteiger partial charge in [0.25, 0.3) is 0 Å². The lowest BCUT2D eigenvalue weighted by Gasteiger charge is -2.10. The summed E-state index contributed by atoms with van der Waals surface area (Å²) < 4.78 is 0. The lowest BCUT2D eigenvalue weighted by atomic mass is 10.1. The molecule has 1 nitrogen and oxygen atoms in total. The normalized spacial score (nSPS) is 18.1. The van der Waals surface area contributed by atoms with Gasteiger partial charge in [0.05, 0.1) is 5.38 Å². The van der Waals surface area contributed by atoms with Gasteiger partial charge in [0, 0.05) is 6.54 Å². The van der Waals surface area contributed by atoms with Crippen molar-refractivity contribution in [3.05, 3.63) is 35.9 Å². The molecule has 0 saturated heterocycles. The number of benzene rings is 1. The minimum atomic E-state index is 0.106. The summed E-state index contributed by atoms with van der Waals surface area (Å²) in [6.45, 7) is 2.01. The molecule has 0 aliphatic heterocycles. The predicted molar refractivity (Wildman–Crippen MR) is 60.6 cm³/mol. The zero-order valence-electron chi connectivity index (χ0n) is 8.25. The van der Waals surface area contributed by atoms with Gasteiger partial charge in [-0.2, -0.15) is 0 Å². The second kappa shape index (κ2) is 4.81. The minimum Gasteiger partial charge on any atom is -0.315 e. The summed E-state index contributed by atoms with van der Waals surface area (Å²) in [6.07, 6.45) is 2.79. The Morgan fingerprint density at radius 2 is 2.00 bits per heavy atom. The van der Waals surface area contributed by atoms with E-state index >= 15 is 0 Å². The molecule has 0 spiro atoms. The largest absolute Gasteiger partial charge is 0.315 e. The fourth-order valence-electron chi connectivity index (χ4n) is 1.52. The third-order valence-electron chi connectivity index (χ3n) is 2.61. The van der Waals surface area contributed by atoms with Gasteiger partial charge < -0.3 is 5.32 Å². The Morgan fingerprint density at radius 1 is 1.29 bits per heavy atom. The van der Waals surface area contributed by atoms with Gasteiger partial charge >= 0.3 is 0 Å². The molecule has 14 heavy (non-hydrogen) atoms. The molecule has 2 rings (SSSR count). The minimum absolute atomic E-state index is 0.106. The third-order valence-corrected chi connectivity index (χ3v) is 3.02. The summed E-state index contributed by atoms with van der Waals surface area (Å²) >= 11 is 6.25. The molecule has 1 N–H and O–H groups in total. The number of halogens is 1. The number of rotatable bonds is 5. The van der Waals surface area contributed by atoms with Crippen molar-refractivity contribution in [2.75, 3.05) is 13.1 Å². The van der Waals surface area contributed by atoms with E-state index in [4.69, 9.17) is 11.6 Å². The van der Waals surface area contributed by atoms with Crippen molar-refractivity contribution in [1.29, 1.82) is 0 Å². The topological polar surface area (TPSA) is 12.0 Å². The number of hydrogen-bond donors (Lipinski definition) is 1. The van der Waals surface area contributed by atoms with Crippen LogP contribution in [-0.4, -0.2) is 13.1 Å². The van der Waals surface area contributed by atoms with E-state index in [0.717, 1.165) is 19.0 Å². The van der Waals surface area contributed by atoms with Crippen molar-refractivity contribution in [2.24, 2.45) is 5.92 Å². The molecule has 0 aromatic heterocycles. The summed E-state index contributed by atoms with van der Waals surface area (Å²) in [5, 5.41) is 3.52. The maximum atomic E-state index is 6.25. The van der Waals surface area contributed by atoms with E-state index in [9.17, 15) is 0 Å². The fourth-order valence-corrected chi connectivity index (χ4v) is 1.77. The Bertz CT molecular complexity index is 269. The van der Waals surface area contributed by atoms with Crippen LogP contribution < -0.4 is 5.32 Å². The van der Waals surface area contributed by atoms with E-state index in [0.29, 0.717) is 0 Å². The molecular formula is C12H16ClN. The van der Waals surface area contributed by atoms with Crippen molar-refractivity contribution in [2.45, 2.75) is 18.2 Å². The maximum absolute atomic E-state index is 6.25. The highest BCUT2D eigenvalue weighted by molar-refractivity contribution is 6.21. The molecule has 1 fully saturated rings. The average molecular weight is 210 g/mol. The molecule has 1 aliphatic rings. The van der Waals surface area contributed by atoms with Gasteiger partial charge in [-0.1, -0.05) is 30.3 Å². The molecule has 0 heterocycles. The Hall–Kier alpha value is -0.530. The van der Waals surface area contributed by atoms with Crippen LogP contribution in [0.15, 0.2) is 30.3 Å². The average Bonchev–Trinajstić information content (AvgIpc) is 3.03. The predicted octanol–water partition coefficient (Wildman–Crippen LogP) is 2.97. The van der Waals surface area contributed by atoms with Crippen molar-refractivity contribution in [1.82, 2.24) is 5.32 Å². The van der Waals surface area contributed by atoms with Crippen LogP contribution in [0, 0.1) is 5.92 Å². The van der Waals surface area contributed by atoms with Crippen LogP contribution in [0.2, 0.25) is 0 Å². The SMILES string of the molecule is ClC(CNCC1CC1)c1ccccc1. The molecule has 1 aromatic carbocycles. The van der Waals surface area contributed by atoms with Gasteiger partial charge in [0.1, 0.15) is 0 Å². The standard InChI is InChI=1S/C12H16ClN/c13-12(9-14-8-10-6-7-10)11-4-2-1-3-5-11/h1-5,10,12,14H,6-9H2. The Morgan fingerprint density at radius 3 is 2.64 bits per heavy atom. The zero-order chi connectivity index (χ0) is 9.80. The summed E-state index contributed by atoms with van der Waals surface area (Å²) in [5.74, 6) is 0.926. The summed E-state index contributed by atoms with van der Waals surface area (Å²) in [4.78, 5) is 0. The summed E-state index contributed by atoms with van der Waals surface area (Å²) in [7, 11) is 0. The summed E-state index contributed by atoms with van der Waals surface area (Å²) in [5.41, 5.74) is 1.21. The second-order valence-electron chi connectivity index (χ2n) is 3.98. The van der Waals surface area contributed by atoms with Crippen LogP contribution >= 0.6 is 11.6 Å². The first-order valence-corrected chi connectivity index (χ1v) is 5.69. The first-order chi connectivity index (χ1) is 6.86. The Balaban J connectivity index is 1.74. The van der Waals surface area contributed by atoms with Crippen molar-refractivity contribution >= 4 is 11.6 Å². The molecule has 1 saturated carbocycles. The highest BCUT2D eigenvalue weighted by Crippen LogP contribution is 2.28. The van der Waals surface area contributed by atoms with Gasteiger partial charge in [-0.05, 0) is 30.9 Å². The molecule has 1 aromatic rings. The van der Waals surface area contributed by atoms with Crippen LogP contribution in [-0.2, 0) is 0 Å². The van der Waals surface area contributed by atoms with Gasteiger partial charge in [0.2, 0.25) is 0 Å². The van der Waals surface area contributed by atoms with E-state index in [2.05, 4.69) is 17.4 Å². The molecular weight excluding hydrogens is 194 g/mol. The first-order valence-electron chi connectivity index (χ1n) is 5.26. The smallest absolute Gasteiger partial charge is 0.0709 e. The van der Waals surface area contributed by atoms with Gasteiger partial charge in [-0.15, -0.1) is 11.6 Å². The first kappa shape index (κ1) is 10.0. The Labute approximate surface area is 90.5 Å². The molecule has 1 unspecified atom stereocenters. The van der Waals surface area contributed by atoms with Gasteiger partial charge in [-0.3, -0.25) is 0 Å². The van der Waals surface area contributed by atoms with Crippen LogP contribution in [0.5, 0.6) is 0 Å². The number of nitrogens with one attached hydrogen (secondary N) is 1. The van der Waals surface area contributed by atoms with Gasteiger partial charge in [0.15, 0.2) is 0 Å². The van der Waals surface area contributed by atoms with E-state index < -0.39 is 0 Å². The fraction of sp³-hybridized carbons (Fsp3) is 0.500. The van der Waals surface area contributed by atoms with Crippen molar-refractivity contribution in [3.8, 4) is 0 Å². The lowest BCUT2D eigenvalue weighted by Crippen LogP contribution is -2.21. The number of alkyl halides is 1. The molecule has 0 bridgehead atoms. The molecule has 0 radical (unpaired) electrons. The number of hydrogen-bond acceptors (Lipinski definition) is 1. The highest BCUT2D eigenvalue weighted by Gasteiger charge is 2.20. The second-order valence-corrected chi connectivity index (χ2v) is 4.51. The van der Waals surface area contributed by atoms with Crippen LogP contribution in [0.25, 0.3) is 0 Å². The monoisotopic (exact) mass is 209 g/mol. The molecule has 1 aliphatic carbocycles. The Kier molecular flexibility index (Phi) is 3.44. The van der Waals surface area contributed by atoms with E-state index in [-0.39, 0.29) is 5.38 Å².